The van der Waals surface area contributed by atoms with Crippen molar-refractivity contribution in [3.8, 4) is 0 Å². The van der Waals surface area contributed by atoms with Gasteiger partial charge in [0.05, 0.1) is 10.0 Å². The van der Waals surface area contributed by atoms with Gasteiger partial charge in [0.2, 0.25) is 5.91 Å². The number of nitrogens with zero attached hydrogens (tertiary/aromatic N) is 1. The first-order valence-electron chi connectivity index (χ1n) is 7.61. The number of carbonyl (C=O) groups excluding carboxylic acids is 1. The molecule has 25 heavy (non-hydrogen) atoms. The van der Waals surface area contributed by atoms with E-state index in [2.05, 4.69) is 0 Å². The van der Waals surface area contributed by atoms with E-state index in [0.29, 0.717) is 22.0 Å². The minimum atomic E-state index is -4.91. The molecule has 2 fully saturated rings. The van der Waals surface area contributed by atoms with Crippen LogP contribution in [0.1, 0.15) is 24.3 Å². The van der Waals surface area contributed by atoms with E-state index in [1.165, 1.54) is 0 Å². The second-order valence-electron chi connectivity index (χ2n) is 6.49. The van der Waals surface area contributed by atoms with Crippen molar-refractivity contribution < 1.29 is 27.9 Å². The van der Waals surface area contributed by atoms with Crippen molar-refractivity contribution in [2.45, 2.75) is 24.9 Å². The van der Waals surface area contributed by atoms with Gasteiger partial charge in [-0.2, -0.15) is 13.2 Å². The van der Waals surface area contributed by atoms with Crippen molar-refractivity contribution >= 4 is 35.1 Å². The van der Waals surface area contributed by atoms with Gasteiger partial charge in [-0.05, 0) is 30.4 Å². The number of halogens is 5. The summed E-state index contributed by atoms with van der Waals surface area (Å²) < 4.78 is 39.6. The summed E-state index contributed by atoms with van der Waals surface area (Å²) in [6.07, 6.45) is -5.08. The van der Waals surface area contributed by atoms with Crippen LogP contribution in [0.25, 0.3) is 0 Å². The Morgan fingerprint density at radius 2 is 1.96 bits per heavy atom. The van der Waals surface area contributed by atoms with E-state index in [9.17, 15) is 22.8 Å². The fraction of sp³-hybridized carbons (Fsp3) is 0.500. The minimum absolute atomic E-state index is 0.204. The van der Waals surface area contributed by atoms with Gasteiger partial charge in [0.15, 0.2) is 5.41 Å². The molecule has 1 aromatic rings. The van der Waals surface area contributed by atoms with Gasteiger partial charge in [0.1, 0.15) is 0 Å². The molecule has 1 N–H and O–H groups in total. The molecule has 3 atom stereocenters. The second-order valence-corrected chi connectivity index (χ2v) is 7.27. The number of hydrogen-bond donors (Lipinski definition) is 1. The SMILES string of the molecule is O=C(C1CC1c1cccc(Cl)c1Cl)N1CCC(C(=O)O)(C(F)(F)F)C1. The molecule has 1 aliphatic carbocycles. The Labute approximate surface area is 151 Å². The Morgan fingerprint density at radius 1 is 1.28 bits per heavy atom. The Morgan fingerprint density at radius 3 is 2.52 bits per heavy atom. The van der Waals surface area contributed by atoms with Crippen LogP contribution >= 0.6 is 23.2 Å². The first-order valence-corrected chi connectivity index (χ1v) is 8.37. The van der Waals surface area contributed by atoms with E-state index in [4.69, 9.17) is 28.3 Å². The number of likely N-dealkylation sites (tertiary alicyclic amines) is 1. The average Bonchev–Trinajstić information content (AvgIpc) is 3.16. The maximum Gasteiger partial charge on any atom is 0.406 e. The third kappa shape index (κ3) is 2.97. The number of carboxylic acid groups (broad SMARTS) is 1. The number of carbonyl (C=O) groups is 2. The van der Waals surface area contributed by atoms with Crippen molar-refractivity contribution in [3.63, 3.8) is 0 Å². The monoisotopic (exact) mass is 395 g/mol. The number of benzene rings is 1. The number of aliphatic carboxylic acids is 1. The third-order valence-electron chi connectivity index (χ3n) is 5.02. The quantitative estimate of drug-likeness (QED) is 0.842. The highest BCUT2D eigenvalue weighted by molar-refractivity contribution is 6.42. The van der Waals surface area contributed by atoms with Gasteiger partial charge in [-0.25, -0.2) is 0 Å². The normalized spacial score (nSPS) is 28.9. The number of hydrogen-bond acceptors (Lipinski definition) is 2. The molecule has 0 radical (unpaired) electrons. The topological polar surface area (TPSA) is 57.6 Å². The second kappa shape index (κ2) is 6.06. The first-order chi connectivity index (χ1) is 11.6. The molecule has 2 aliphatic rings. The van der Waals surface area contributed by atoms with Crippen LogP contribution in [0.4, 0.5) is 13.2 Å². The average molecular weight is 396 g/mol. The van der Waals surface area contributed by atoms with Crippen LogP contribution in [-0.4, -0.2) is 41.1 Å². The van der Waals surface area contributed by atoms with Gasteiger partial charge < -0.3 is 10.0 Å². The highest BCUT2D eigenvalue weighted by Gasteiger charge is 2.65. The molecule has 1 aliphatic heterocycles. The summed E-state index contributed by atoms with van der Waals surface area (Å²) in [5, 5.41) is 9.74. The molecule has 1 saturated carbocycles. The van der Waals surface area contributed by atoms with Crippen molar-refractivity contribution in [2.75, 3.05) is 13.1 Å². The molecule has 4 nitrogen and oxygen atoms in total. The van der Waals surface area contributed by atoms with Crippen LogP contribution in [-0.2, 0) is 9.59 Å². The predicted octanol–water partition coefficient (Wildman–Crippen LogP) is 3.96. The third-order valence-corrected chi connectivity index (χ3v) is 5.86. The lowest BCUT2D eigenvalue weighted by Crippen LogP contribution is -2.48. The maximum atomic E-state index is 13.2. The van der Waals surface area contributed by atoms with Crippen LogP contribution in [0.15, 0.2) is 18.2 Å². The molecule has 0 aromatic heterocycles. The number of amides is 1. The van der Waals surface area contributed by atoms with Gasteiger partial charge in [-0.3, -0.25) is 9.59 Å². The number of alkyl halides is 3. The smallest absolute Gasteiger partial charge is 0.406 e. The zero-order valence-electron chi connectivity index (χ0n) is 12.8. The van der Waals surface area contributed by atoms with Crippen LogP contribution in [0.2, 0.25) is 10.0 Å². The molecule has 3 unspecified atom stereocenters. The maximum absolute atomic E-state index is 13.2. The summed E-state index contributed by atoms with van der Waals surface area (Å²) in [6.45, 7) is -1.08. The van der Waals surface area contributed by atoms with E-state index >= 15 is 0 Å². The lowest BCUT2D eigenvalue weighted by molar-refractivity contribution is -0.227. The van der Waals surface area contributed by atoms with Crippen molar-refractivity contribution in [1.29, 1.82) is 0 Å². The van der Waals surface area contributed by atoms with Crippen LogP contribution in [0.3, 0.4) is 0 Å². The Bertz CT molecular complexity index is 740. The molecule has 1 heterocycles. The van der Waals surface area contributed by atoms with E-state index in [1.807, 2.05) is 0 Å². The standard InChI is InChI=1S/C16H14Cl2F3NO3/c17-11-3-1-2-8(12(11)18)9-6-10(9)13(23)22-5-4-15(7-22,14(24)25)16(19,20)21/h1-3,9-10H,4-7H2,(H,24,25). The van der Waals surface area contributed by atoms with E-state index < -0.39 is 42.4 Å². The Kier molecular flexibility index (Phi) is 4.44. The molecule has 1 aromatic carbocycles. The summed E-state index contributed by atoms with van der Waals surface area (Å²) in [5.41, 5.74) is -2.20. The Balaban J connectivity index is 1.74. The fourth-order valence-corrected chi connectivity index (χ4v) is 3.83. The summed E-state index contributed by atoms with van der Waals surface area (Å²) in [6, 6.07) is 5.03. The van der Waals surface area contributed by atoms with Crippen LogP contribution in [0.5, 0.6) is 0 Å². The van der Waals surface area contributed by atoms with Gasteiger partial charge in [0.25, 0.3) is 0 Å². The predicted molar refractivity (Wildman–Crippen MR) is 84.6 cm³/mol. The van der Waals surface area contributed by atoms with Crippen molar-refractivity contribution in [3.05, 3.63) is 33.8 Å². The minimum Gasteiger partial charge on any atom is -0.481 e. The molecule has 0 bridgehead atoms. The molecule has 1 saturated heterocycles. The highest BCUT2D eigenvalue weighted by Crippen LogP contribution is 2.53. The summed E-state index contributed by atoms with van der Waals surface area (Å²) in [5.74, 6) is -3.10. The molecule has 3 rings (SSSR count). The zero-order valence-corrected chi connectivity index (χ0v) is 14.3. The summed E-state index contributed by atoms with van der Waals surface area (Å²) >= 11 is 12.1. The fourth-order valence-electron chi connectivity index (χ4n) is 3.38. The molecule has 0 spiro atoms. The van der Waals surface area contributed by atoms with E-state index in [1.54, 1.807) is 18.2 Å². The van der Waals surface area contributed by atoms with Gasteiger partial charge in [0, 0.05) is 19.0 Å². The highest BCUT2D eigenvalue weighted by atomic mass is 35.5. The molecular weight excluding hydrogens is 382 g/mol. The lowest BCUT2D eigenvalue weighted by atomic mass is 9.86. The molecular formula is C16H14Cl2F3NO3. The summed E-state index contributed by atoms with van der Waals surface area (Å²) in [4.78, 5) is 24.7. The van der Waals surface area contributed by atoms with Crippen LogP contribution in [0, 0.1) is 11.3 Å². The van der Waals surface area contributed by atoms with E-state index in [0.717, 1.165) is 4.90 Å². The lowest BCUT2D eigenvalue weighted by Gasteiger charge is -2.27. The van der Waals surface area contributed by atoms with E-state index in [-0.39, 0.29) is 12.5 Å². The van der Waals surface area contributed by atoms with Gasteiger partial charge in [-0.1, -0.05) is 35.3 Å². The largest absolute Gasteiger partial charge is 0.481 e. The Hall–Kier alpha value is -1.47. The van der Waals surface area contributed by atoms with Crippen molar-refractivity contribution in [2.24, 2.45) is 11.3 Å². The van der Waals surface area contributed by atoms with Crippen molar-refractivity contribution in [1.82, 2.24) is 4.90 Å². The van der Waals surface area contributed by atoms with Gasteiger partial charge >= 0.3 is 12.1 Å². The summed E-state index contributed by atoms with van der Waals surface area (Å²) in [7, 11) is 0. The number of carboxylic acids is 1. The van der Waals surface area contributed by atoms with Crippen LogP contribution < -0.4 is 0 Å². The van der Waals surface area contributed by atoms with Gasteiger partial charge in [-0.15, -0.1) is 0 Å². The molecule has 136 valence electrons. The number of rotatable bonds is 3. The zero-order chi connectivity index (χ0) is 18.6. The molecule has 1 amide bonds. The first kappa shape index (κ1) is 18.3. The molecule has 9 heteroatoms.